The first-order valence-corrected chi connectivity index (χ1v) is 17.0. The highest BCUT2D eigenvalue weighted by Crippen LogP contribution is 2.36. The number of hydrogen-bond acceptors (Lipinski definition) is 2. The number of unbranched alkanes of at least 4 members (excludes halogenated alkanes) is 4. The van der Waals surface area contributed by atoms with Gasteiger partial charge in [0.2, 0.25) is 0 Å². The number of rotatable bonds is 15. The lowest BCUT2D eigenvalue weighted by molar-refractivity contribution is -0.133. The summed E-state index contributed by atoms with van der Waals surface area (Å²) in [5.74, 6) is 6.31. The molecule has 1 rings (SSSR count). The fourth-order valence-corrected chi connectivity index (χ4v) is 5.61. The fourth-order valence-electron chi connectivity index (χ4n) is 4.25. The largest absolute Gasteiger partial charge is 0.481 e. The van der Waals surface area contributed by atoms with Gasteiger partial charge in [0.25, 0.3) is 0 Å². The summed E-state index contributed by atoms with van der Waals surface area (Å²) in [6.45, 7) is 9.30. The molecule has 0 aromatic carbocycles. The van der Waals surface area contributed by atoms with Crippen LogP contribution < -0.4 is 0 Å². The van der Waals surface area contributed by atoms with Gasteiger partial charge in [-0.15, -0.1) is 11.5 Å². The smallest absolute Gasteiger partial charge is 0.313 e. The number of carbonyl (C=O) groups is 1. The summed E-state index contributed by atoms with van der Waals surface area (Å²) in [5.41, 5.74) is 3.62. The Morgan fingerprint density at radius 1 is 1.17 bits per heavy atom. The van der Waals surface area contributed by atoms with Gasteiger partial charge in [-0.3, -0.25) is 4.79 Å². The standard InChI is InChI=1S/C26H46O2SSi/c1-5-6-7-8-13-23(19-21-30(2,3)4)14-11-16-25-18-12-17-24(25)15-9-10-20-29-22-26(27)28/h11,16,23-25H,5-10,12-15,17-18,20,22H2,1-4H3,(H,27,28)/t23?,24-,25-/m0/s1. The van der Waals surface area contributed by atoms with Crippen LogP contribution in [-0.2, 0) is 4.79 Å². The van der Waals surface area contributed by atoms with Crippen molar-refractivity contribution in [2.24, 2.45) is 17.8 Å². The zero-order valence-corrected chi connectivity index (χ0v) is 21.9. The molecule has 0 saturated heterocycles. The van der Waals surface area contributed by atoms with Crippen molar-refractivity contribution in [3.8, 4) is 11.5 Å². The summed E-state index contributed by atoms with van der Waals surface area (Å²) in [4.78, 5) is 10.6. The lowest BCUT2D eigenvalue weighted by Crippen LogP contribution is -2.17. The van der Waals surface area contributed by atoms with Crippen LogP contribution in [0.25, 0.3) is 0 Å². The summed E-state index contributed by atoms with van der Waals surface area (Å²) in [7, 11) is -1.30. The summed E-state index contributed by atoms with van der Waals surface area (Å²) in [6.07, 6.45) is 20.4. The Morgan fingerprint density at radius 3 is 2.67 bits per heavy atom. The Bertz CT molecular complexity index is 556. The van der Waals surface area contributed by atoms with E-state index in [1.165, 1.54) is 64.2 Å². The predicted octanol–water partition coefficient (Wildman–Crippen LogP) is 7.80. The van der Waals surface area contributed by atoms with Crippen LogP contribution in [-0.4, -0.2) is 30.7 Å². The van der Waals surface area contributed by atoms with E-state index in [-0.39, 0.29) is 5.75 Å². The van der Waals surface area contributed by atoms with Crippen LogP contribution in [0.2, 0.25) is 19.6 Å². The van der Waals surface area contributed by atoms with Crippen LogP contribution in [0.3, 0.4) is 0 Å². The molecule has 172 valence electrons. The Kier molecular flexibility index (Phi) is 14.6. The highest BCUT2D eigenvalue weighted by atomic mass is 32.2. The molecule has 1 N–H and O–H groups in total. The van der Waals surface area contributed by atoms with Crippen molar-refractivity contribution >= 4 is 25.8 Å². The van der Waals surface area contributed by atoms with E-state index in [1.807, 2.05) is 0 Å². The van der Waals surface area contributed by atoms with Gasteiger partial charge in [0, 0.05) is 5.92 Å². The monoisotopic (exact) mass is 450 g/mol. The average molecular weight is 451 g/mol. The topological polar surface area (TPSA) is 37.3 Å². The zero-order chi connectivity index (χ0) is 22.2. The lowest BCUT2D eigenvalue weighted by Gasteiger charge is -2.16. The first kappa shape index (κ1) is 27.4. The number of carboxylic acid groups (broad SMARTS) is 1. The van der Waals surface area contributed by atoms with Gasteiger partial charge in [-0.1, -0.05) is 77.2 Å². The van der Waals surface area contributed by atoms with Gasteiger partial charge in [0.1, 0.15) is 8.07 Å². The predicted molar refractivity (Wildman–Crippen MR) is 137 cm³/mol. The second-order valence-electron chi connectivity index (χ2n) is 10.0. The van der Waals surface area contributed by atoms with Crippen LogP contribution in [0.1, 0.15) is 84.0 Å². The van der Waals surface area contributed by atoms with Gasteiger partial charge in [-0.2, -0.15) is 11.8 Å². The molecule has 0 bridgehead atoms. The van der Waals surface area contributed by atoms with E-state index < -0.39 is 14.0 Å². The summed E-state index contributed by atoms with van der Waals surface area (Å²) < 4.78 is 0. The molecule has 0 radical (unpaired) electrons. The molecule has 0 amide bonds. The first-order valence-electron chi connectivity index (χ1n) is 12.3. The highest BCUT2D eigenvalue weighted by Gasteiger charge is 2.24. The van der Waals surface area contributed by atoms with Crippen LogP contribution in [0.15, 0.2) is 12.2 Å². The van der Waals surface area contributed by atoms with Gasteiger partial charge in [0.15, 0.2) is 0 Å². The molecule has 0 heterocycles. The summed E-state index contributed by atoms with van der Waals surface area (Å²) in [6, 6.07) is 0. The number of aliphatic carboxylic acids is 1. The second-order valence-corrected chi connectivity index (χ2v) is 15.9. The van der Waals surface area contributed by atoms with Gasteiger partial charge in [0.05, 0.1) is 5.75 Å². The molecule has 1 aliphatic rings. The molecule has 1 unspecified atom stereocenters. The minimum Gasteiger partial charge on any atom is -0.481 e. The molecule has 0 aliphatic heterocycles. The molecular formula is C26H46O2SSi. The molecule has 1 aliphatic carbocycles. The maximum atomic E-state index is 10.6. The average Bonchev–Trinajstić information content (AvgIpc) is 3.11. The highest BCUT2D eigenvalue weighted by molar-refractivity contribution is 7.99. The number of allylic oxidation sites excluding steroid dienone is 2. The molecule has 1 fully saturated rings. The van der Waals surface area contributed by atoms with Crippen LogP contribution >= 0.6 is 11.8 Å². The molecule has 3 atom stereocenters. The SMILES string of the molecule is CCCCCCC(C#C[Si](C)(C)C)CC=C[C@H]1CCC[C@@H]1CCCCSCC(=O)O. The molecule has 4 heteroatoms. The van der Waals surface area contributed by atoms with Crippen molar-refractivity contribution in [3.63, 3.8) is 0 Å². The van der Waals surface area contributed by atoms with Gasteiger partial charge in [-0.05, 0) is 56.1 Å². The molecule has 2 nitrogen and oxygen atoms in total. The third-order valence-corrected chi connectivity index (χ3v) is 7.84. The van der Waals surface area contributed by atoms with Crippen molar-refractivity contribution in [3.05, 3.63) is 12.2 Å². The molecule has 30 heavy (non-hydrogen) atoms. The minimum atomic E-state index is -1.30. The Hall–Kier alpha value is -0.663. The van der Waals surface area contributed by atoms with Crippen LogP contribution in [0, 0.1) is 29.2 Å². The van der Waals surface area contributed by atoms with Crippen molar-refractivity contribution < 1.29 is 9.90 Å². The number of thioether (sulfide) groups is 1. The Labute approximate surface area is 192 Å². The van der Waals surface area contributed by atoms with Crippen molar-refractivity contribution in [1.82, 2.24) is 0 Å². The summed E-state index contributed by atoms with van der Waals surface area (Å²) in [5, 5.41) is 8.71. The number of hydrogen-bond donors (Lipinski definition) is 1. The van der Waals surface area contributed by atoms with Gasteiger partial charge in [-0.25, -0.2) is 0 Å². The van der Waals surface area contributed by atoms with E-state index in [4.69, 9.17) is 5.11 Å². The first-order chi connectivity index (χ1) is 14.3. The van der Waals surface area contributed by atoms with Gasteiger partial charge < -0.3 is 5.11 Å². The van der Waals surface area contributed by atoms with E-state index in [2.05, 4.69) is 50.2 Å². The molecule has 1 saturated carbocycles. The van der Waals surface area contributed by atoms with E-state index >= 15 is 0 Å². The van der Waals surface area contributed by atoms with E-state index in [0.717, 1.165) is 30.4 Å². The number of carboxylic acids is 1. The quantitative estimate of drug-likeness (QED) is 0.120. The van der Waals surface area contributed by atoms with E-state index in [1.54, 1.807) is 11.8 Å². The maximum absolute atomic E-state index is 10.6. The molecule has 0 aromatic heterocycles. The summed E-state index contributed by atoms with van der Waals surface area (Å²) >= 11 is 1.55. The normalized spacial score (nSPS) is 20.3. The molecule has 0 aromatic rings. The molecular weight excluding hydrogens is 404 g/mol. The fraction of sp³-hybridized carbons (Fsp3) is 0.808. The third-order valence-electron chi connectivity index (χ3n) is 5.92. The van der Waals surface area contributed by atoms with Crippen molar-refractivity contribution in [2.75, 3.05) is 11.5 Å². The van der Waals surface area contributed by atoms with Crippen molar-refractivity contribution in [1.29, 1.82) is 0 Å². The molecule has 0 spiro atoms. The zero-order valence-electron chi connectivity index (χ0n) is 20.0. The Balaban J connectivity index is 2.42. The minimum absolute atomic E-state index is 0.245. The van der Waals surface area contributed by atoms with Crippen LogP contribution in [0.4, 0.5) is 0 Å². The second kappa shape index (κ2) is 16.0. The maximum Gasteiger partial charge on any atom is 0.313 e. The van der Waals surface area contributed by atoms with Gasteiger partial charge >= 0.3 is 5.97 Å². The van der Waals surface area contributed by atoms with Crippen molar-refractivity contribution in [2.45, 2.75) is 104 Å². The Morgan fingerprint density at radius 2 is 1.97 bits per heavy atom. The van der Waals surface area contributed by atoms with E-state index in [0.29, 0.717) is 5.92 Å². The van der Waals surface area contributed by atoms with E-state index in [9.17, 15) is 4.79 Å². The van der Waals surface area contributed by atoms with Crippen LogP contribution in [0.5, 0.6) is 0 Å². The lowest BCUT2D eigenvalue weighted by atomic mass is 9.90. The third kappa shape index (κ3) is 14.4.